The van der Waals surface area contributed by atoms with Gasteiger partial charge in [-0.05, 0) is 12.1 Å². The number of aliphatic carboxylic acids is 1. The van der Waals surface area contributed by atoms with Crippen LogP contribution >= 0.6 is 34.3 Å². The molecule has 2 aromatic heterocycles. The van der Waals surface area contributed by atoms with E-state index in [-0.39, 0.29) is 6.42 Å². The van der Waals surface area contributed by atoms with E-state index in [1.807, 2.05) is 12.1 Å². The fourth-order valence-corrected chi connectivity index (χ4v) is 4.87. The highest BCUT2D eigenvalue weighted by Gasteiger charge is 2.19. The van der Waals surface area contributed by atoms with E-state index >= 15 is 0 Å². The summed E-state index contributed by atoms with van der Waals surface area (Å²) in [6.45, 7) is 0. The molecule has 0 aliphatic carbocycles. The average molecular weight is 308 g/mol. The molecule has 0 unspecified atom stereocenters. The second-order valence-electron chi connectivity index (χ2n) is 3.99. The maximum atomic E-state index is 10.9. The molecule has 0 saturated heterocycles. The van der Waals surface area contributed by atoms with Crippen LogP contribution in [0.15, 0.2) is 18.2 Å². The molecule has 0 saturated carbocycles. The van der Waals surface area contributed by atoms with Crippen LogP contribution in [0.5, 0.6) is 0 Å². The van der Waals surface area contributed by atoms with Crippen molar-refractivity contribution in [3.05, 3.63) is 33.7 Å². The number of fused-ring (bicyclic) bond motifs is 3. The number of nitriles is 1. The number of carboxylic acid groups (broad SMARTS) is 1. The monoisotopic (exact) mass is 307 g/mol. The van der Waals surface area contributed by atoms with Crippen molar-refractivity contribution in [3.63, 3.8) is 0 Å². The highest BCUT2D eigenvalue weighted by Crippen LogP contribution is 2.43. The van der Waals surface area contributed by atoms with Gasteiger partial charge in [0.15, 0.2) is 0 Å². The predicted molar refractivity (Wildman–Crippen MR) is 78.3 cm³/mol. The molecule has 3 rings (SSSR count). The molecule has 6 heteroatoms. The first kappa shape index (κ1) is 12.4. The fourth-order valence-electron chi connectivity index (χ4n) is 2.02. The number of hydrogen-bond acceptors (Lipinski definition) is 4. The normalized spacial score (nSPS) is 10.9. The maximum absolute atomic E-state index is 10.9. The Morgan fingerprint density at radius 2 is 2.16 bits per heavy atom. The minimum Gasteiger partial charge on any atom is -0.481 e. The molecule has 0 fully saturated rings. The van der Waals surface area contributed by atoms with Gasteiger partial charge in [0.1, 0.15) is 10.9 Å². The molecule has 94 valence electrons. The van der Waals surface area contributed by atoms with Crippen LogP contribution < -0.4 is 0 Å². The van der Waals surface area contributed by atoms with Crippen LogP contribution in [0.3, 0.4) is 0 Å². The van der Waals surface area contributed by atoms with Crippen molar-refractivity contribution < 1.29 is 9.90 Å². The second-order valence-corrected chi connectivity index (χ2v) is 6.50. The summed E-state index contributed by atoms with van der Waals surface area (Å²) in [7, 11) is 0. The van der Waals surface area contributed by atoms with E-state index in [1.165, 1.54) is 22.7 Å². The van der Waals surface area contributed by atoms with E-state index < -0.39 is 5.97 Å². The van der Waals surface area contributed by atoms with E-state index in [9.17, 15) is 4.79 Å². The molecule has 0 spiro atoms. The third-order valence-corrected chi connectivity index (χ3v) is 5.53. The van der Waals surface area contributed by atoms with Crippen molar-refractivity contribution in [1.29, 1.82) is 5.26 Å². The van der Waals surface area contributed by atoms with Crippen molar-refractivity contribution in [2.24, 2.45) is 0 Å². The minimum atomic E-state index is -0.924. The zero-order chi connectivity index (χ0) is 13.6. The standard InChI is InChI=1S/C13H6ClNO2S2/c14-6-1-2-7-9(3-6)18-13-8(4-11(16)17)10(5-15)19-12(7)13/h1-3H,4H2,(H,16,17). The number of benzene rings is 1. The number of nitrogens with zero attached hydrogens (tertiary/aromatic N) is 1. The van der Waals surface area contributed by atoms with Gasteiger partial charge in [0.25, 0.3) is 0 Å². The molecule has 1 N–H and O–H groups in total. The molecule has 0 aliphatic rings. The molecule has 3 aromatic rings. The first-order valence-electron chi connectivity index (χ1n) is 5.35. The SMILES string of the molecule is N#Cc1sc2c(sc3cc(Cl)ccc32)c1CC(=O)O. The predicted octanol–water partition coefficient (Wildman–Crippen LogP) is 4.27. The van der Waals surface area contributed by atoms with Gasteiger partial charge in [-0.2, -0.15) is 5.26 Å². The van der Waals surface area contributed by atoms with Crippen LogP contribution in [0.25, 0.3) is 19.5 Å². The zero-order valence-electron chi connectivity index (χ0n) is 9.44. The third-order valence-electron chi connectivity index (χ3n) is 2.79. The summed E-state index contributed by atoms with van der Waals surface area (Å²) in [5.41, 5.74) is 0.618. The second kappa shape index (κ2) is 4.49. The Morgan fingerprint density at radius 1 is 1.37 bits per heavy atom. The third kappa shape index (κ3) is 1.98. The summed E-state index contributed by atoms with van der Waals surface area (Å²) < 4.78 is 2.88. The highest BCUT2D eigenvalue weighted by molar-refractivity contribution is 7.33. The number of halogens is 1. The van der Waals surface area contributed by atoms with Crippen molar-refractivity contribution in [2.45, 2.75) is 6.42 Å². The number of carboxylic acids is 1. The summed E-state index contributed by atoms with van der Waals surface area (Å²) >= 11 is 8.80. The molecule has 19 heavy (non-hydrogen) atoms. The lowest BCUT2D eigenvalue weighted by atomic mass is 10.1. The van der Waals surface area contributed by atoms with Gasteiger partial charge < -0.3 is 5.11 Å². The van der Waals surface area contributed by atoms with E-state index in [1.54, 1.807) is 6.07 Å². The van der Waals surface area contributed by atoms with Crippen molar-refractivity contribution >= 4 is 59.7 Å². The summed E-state index contributed by atoms with van der Waals surface area (Å²) in [4.78, 5) is 11.4. The first-order chi connectivity index (χ1) is 9.10. The Labute approximate surface area is 121 Å². The molecule has 3 nitrogen and oxygen atoms in total. The Balaban J connectivity index is 2.37. The first-order valence-corrected chi connectivity index (χ1v) is 7.36. The summed E-state index contributed by atoms with van der Waals surface area (Å²) in [5.74, 6) is -0.924. The van der Waals surface area contributed by atoms with Gasteiger partial charge in [-0.3, -0.25) is 4.79 Å². The van der Waals surface area contributed by atoms with Crippen LogP contribution in [-0.2, 0) is 11.2 Å². The Morgan fingerprint density at radius 3 is 2.84 bits per heavy atom. The summed E-state index contributed by atoms with van der Waals surface area (Å²) in [6.07, 6.45) is -0.122. The lowest BCUT2D eigenvalue weighted by Gasteiger charge is -1.93. The van der Waals surface area contributed by atoms with Gasteiger partial charge in [-0.15, -0.1) is 22.7 Å². The van der Waals surface area contributed by atoms with E-state index in [0.29, 0.717) is 15.5 Å². The van der Waals surface area contributed by atoms with Gasteiger partial charge in [0.2, 0.25) is 0 Å². The van der Waals surface area contributed by atoms with E-state index in [4.69, 9.17) is 22.0 Å². The molecule has 0 aliphatic heterocycles. The van der Waals surface area contributed by atoms with Crippen molar-refractivity contribution in [1.82, 2.24) is 0 Å². The molecule has 0 radical (unpaired) electrons. The fraction of sp³-hybridized carbons (Fsp3) is 0.0769. The number of rotatable bonds is 2. The van der Waals surface area contributed by atoms with Crippen molar-refractivity contribution in [2.75, 3.05) is 0 Å². The van der Waals surface area contributed by atoms with Crippen LogP contribution in [-0.4, -0.2) is 11.1 Å². The van der Waals surface area contributed by atoms with Crippen molar-refractivity contribution in [3.8, 4) is 6.07 Å². The minimum absolute atomic E-state index is 0.122. The average Bonchev–Trinajstić information content (AvgIpc) is 2.85. The lowest BCUT2D eigenvalue weighted by molar-refractivity contribution is -0.136. The topological polar surface area (TPSA) is 61.1 Å². The van der Waals surface area contributed by atoms with E-state index in [0.717, 1.165) is 19.5 Å². The van der Waals surface area contributed by atoms with E-state index in [2.05, 4.69) is 6.07 Å². The Bertz CT molecular complexity index is 857. The number of thiophene rings is 2. The quantitative estimate of drug-likeness (QED) is 0.769. The van der Waals surface area contributed by atoms with Gasteiger partial charge in [-0.1, -0.05) is 17.7 Å². The van der Waals surface area contributed by atoms with Crippen LogP contribution in [0.1, 0.15) is 10.4 Å². The van der Waals surface area contributed by atoms with Gasteiger partial charge >= 0.3 is 5.97 Å². The summed E-state index contributed by atoms with van der Waals surface area (Å²) in [6, 6.07) is 7.67. The number of hydrogen-bond donors (Lipinski definition) is 1. The molecule has 0 amide bonds. The molecular formula is C13H6ClNO2S2. The van der Waals surface area contributed by atoms with Gasteiger partial charge in [-0.25, -0.2) is 0 Å². The molecule has 0 bridgehead atoms. The Hall–Kier alpha value is -1.61. The van der Waals surface area contributed by atoms with Crippen LogP contribution in [0, 0.1) is 11.3 Å². The Kier molecular flexibility index (Phi) is 2.94. The molecule has 0 atom stereocenters. The molecular weight excluding hydrogens is 302 g/mol. The largest absolute Gasteiger partial charge is 0.481 e. The van der Waals surface area contributed by atoms with Gasteiger partial charge in [0.05, 0.1) is 15.8 Å². The van der Waals surface area contributed by atoms with Crippen LogP contribution in [0.2, 0.25) is 5.02 Å². The maximum Gasteiger partial charge on any atom is 0.307 e. The smallest absolute Gasteiger partial charge is 0.307 e. The van der Waals surface area contributed by atoms with Crippen LogP contribution in [0.4, 0.5) is 0 Å². The highest BCUT2D eigenvalue weighted by atomic mass is 35.5. The van der Waals surface area contributed by atoms with Gasteiger partial charge in [0, 0.05) is 20.7 Å². The number of carbonyl (C=O) groups is 1. The zero-order valence-corrected chi connectivity index (χ0v) is 11.8. The molecule has 2 heterocycles. The molecule has 1 aromatic carbocycles. The summed E-state index contributed by atoms with van der Waals surface area (Å²) in [5, 5.41) is 19.8. The lowest BCUT2D eigenvalue weighted by Crippen LogP contribution is -1.99.